The minimum atomic E-state index is -4.46. The van der Waals surface area contributed by atoms with Gasteiger partial charge in [-0.1, -0.05) is 23.8 Å². The normalized spacial score (nSPS) is 14.5. The van der Waals surface area contributed by atoms with Crippen LogP contribution in [-0.2, 0) is 6.18 Å². The van der Waals surface area contributed by atoms with Crippen LogP contribution >= 0.6 is 0 Å². The highest BCUT2D eigenvalue weighted by molar-refractivity contribution is 5.56. The average molecular weight is 412 g/mol. The lowest BCUT2D eigenvalue weighted by molar-refractivity contribution is -0.141. The maximum atomic E-state index is 12.6. The Kier molecular flexibility index (Phi) is 5.65. The first-order valence-corrected chi connectivity index (χ1v) is 9.51. The molecule has 0 saturated carbocycles. The van der Waals surface area contributed by atoms with Gasteiger partial charge in [0.05, 0.1) is 6.20 Å². The molecule has 1 aliphatic rings. The first kappa shape index (κ1) is 19.9. The summed E-state index contributed by atoms with van der Waals surface area (Å²) >= 11 is 0. The van der Waals surface area contributed by atoms with Crippen LogP contribution in [0.4, 0.5) is 19.0 Å². The maximum Gasteiger partial charge on any atom is 0.433 e. The predicted octanol–water partition coefficient (Wildman–Crippen LogP) is 5.37. The molecule has 30 heavy (non-hydrogen) atoms. The van der Waals surface area contributed by atoms with E-state index in [1.807, 2.05) is 30.3 Å². The van der Waals surface area contributed by atoms with E-state index in [1.54, 1.807) is 12.3 Å². The van der Waals surface area contributed by atoms with Gasteiger partial charge in [-0.3, -0.25) is 0 Å². The van der Waals surface area contributed by atoms with E-state index in [0.717, 1.165) is 49.6 Å². The van der Waals surface area contributed by atoms with Gasteiger partial charge in [0.2, 0.25) is 0 Å². The van der Waals surface area contributed by atoms with Gasteiger partial charge in [0, 0.05) is 19.3 Å². The molecule has 0 bridgehead atoms. The van der Waals surface area contributed by atoms with Crippen LogP contribution in [0, 0.1) is 0 Å². The fourth-order valence-electron chi connectivity index (χ4n) is 3.28. The van der Waals surface area contributed by atoms with E-state index < -0.39 is 11.9 Å². The lowest BCUT2D eigenvalue weighted by Gasteiger charge is -2.29. The summed E-state index contributed by atoms with van der Waals surface area (Å²) in [5.74, 6) is 1.69. The van der Waals surface area contributed by atoms with Gasteiger partial charge in [-0.15, -0.1) is 5.10 Å². The summed E-state index contributed by atoms with van der Waals surface area (Å²) in [7, 11) is 0. The van der Waals surface area contributed by atoms with Crippen molar-refractivity contribution in [3.05, 3.63) is 77.8 Å². The van der Waals surface area contributed by atoms with Crippen molar-refractivity contribution in [3.8, 4) is 11.5 Å². The first-order valence-electron chi connectivity index (χ1n) is 9.51. The highest BCUT2D eigenvalue weighted by Crippen LogP contribution is 2.30. The van der Waals surface area contributed by atoms with Crippen LogP contribution in [0.25, 0.3) is 6.08 Å². The fourth-order valence-corrected chi connectivity index (χ4v) is 3.28. The average Bonchev–Trinajstić information content (AvgIpc) is 2.75. The van der Waals surface area contributed by atoms with E-state index >= 15 is 0 Å². The van der Waals surface area contributed by atoms with Crippen LogP contribution < -0.4 is 9.64 Å². The molecule has 0 spiro atoms. The highest BCUT2D eigenvalue weighted by atomic mass is 19.4. The van der Waals surface area contributed by atoms with E-state index in [9.17, 15) is 13.2 Å². The molecule has 4 rings (SSSR count). The Labute approximate surface area is 171 Å². The zero-order valence-electron chi connectivity index (χ0n) is 16.0. The quantitative estimate of drug-likeness (QED) is 0.577. The maximum absolute atomic E-state index is 12.6. The Bertz CT molecular complexity index is 1010. The van der Waals surface area contributed by atoms with Crippen molar-refractivity contribution in [3.63, 3.8) is 0 Å². The van der Waals surface area contributed by atoms with E-state index in [2.05, 4.69) is 26.2 Å². The Morgan fingerprint density at radius 3 is 2.47 bits per heavy atom. The summed E-state index contributed by atoms with van der Waals surface area (Å²) < 4.78 is 43.5. The van der Waals surface area contributed by atoms with Gasteiger partial charge in [0.15, 0.2) is 5.82 Å². The van der Waals surface area contributed by atoms with Crippen molar-refractivity contribution in [2.45, 2.75) is 19.0 Å². The third-order valence-corrected chi connectivity index (χ3v) is 4.78. The molecule has 0 aliphatic carbocycles. The number of alkyl halides is 3. The lowest BCUT2D eigenvalue weighted by atomic mass is 10.0. The van der Waals surface area contributed by atoms with Gasteiger partial charge >= 0.3 is 6.18 Å². The summed E-state index contributed by atoms with van der Waals surface area (Å²) in [6.07, 6.45) is 2.25. The number of ether oxygens (including phenoxy) is 1. The molecule has 1 aromatic carbocycles. The number of anilines is 1. The van der Waals surface area contributed by atoms with Crippen LogP contribution in [0.5, 0.6) is 11.5 Å². The molecular formula is C22H19F3N4O. The van der Waals surface area contributed by atoms with Gasteiger partial charge in [-0.25, -0.2) is 4.98 Å². The molecule has 1 saturated heterocycles. The van der Waals surface area contributed by atoms with E-state index in [0.29, 0.717) is 5.75 Å². The largest absolute Gasteiger partial charge is 0.456 e. The minimum Gasteiger partial charge on any atom is -0.456 e. The molecule has 1 fully saturated rings. The molecule has 0 radical (unpaired) electrons. The Balaban J connectivity index is 1.40. The Hall–Kier alpha value is -3.42. The van der Waals surface area contributed by atoms with E-state index in [-0.39, 0.29) is 5.75 Å². The Morgan fingerprint density at radius 1 is 0.967 bits per heavy atom. The fraction of sp³-hybridized carbons (Fsp3) is 0.227. The number of hydrogen-bond donors (Lipinski definition) is 0. The number of piperidine rings is 1. The van der Waals surface area contributed by atoms with Crippen LogP contribution in [0.1, 0.15) is 24.1 Å². The topological polar surface area (TPSA) is 51.1 Å². The second-order valence-electron chi connectivity index (χ2n) is 6.92. The SMILES string of the molecule is FC(F)(F)c1ccc(Oc2cccc(C=C3CCN(c4cccnn4)CC3)c2)cn1. The third-order valence-electron chi connectivity index (χ3n) is 4.78. The minimum absolute atomic E-state index is 0.255. The van der Waals surface area contributed by atoms with E-state index in [4.69, 9.17) is 4.74 Å². The van der Waals surface area contributed by atoms with Gasteiger partial charge in [-0.2, -0.15) is 18.3 Å². The highest BCUT2D eigenvalue weighted by Gasteiger charge is 2.32. The number of hydrogen-bond acceptors (Lipinski definition) is 5. The molecular weight excluding hydrogens is 393 g/mol. The zero-order valence-corrected chi connectivity index (χ0v) is 16.0. The molecule has 2 aromatic heterocycles. The van der Waals surface area contributed by atoms with Crippen molar-refractivity contribution in [2.24, 2.45) is 0 Å². The number of pyridine rings is 1. The van der Waals surface area contributed by atoms with Gasteiger partial charge < -0.3 is 9.64 Å². The number of rotatable bonds is 4. The molecule has 5 nitrogen and oxygen atoms in total. The van der Waals surface area contributed by atoms with Crippen LogP contribution in [0.2, 0.25) is 0 Å². The van der Waals surface area contributed by atoms with Crippen molar-refractivity contribution < 1.29 is 17.9 Å². The lowest BCUT2D eigenvalue weighted by Crippen LogP contribution is -2.31. The van der Waals surface area contributed by atoms with Crippen molar-refractivity contribution in [1.82, 2.24) is 15.2 Å². The van der Waals surface area contributed by atoms with Crippen LogP contribution in [0.3, 0.4) is 0 Å². The molecule has 1 aliphatic heterocycles. The second kappa shape index (κ2) is 8.52. The molecule has 0 N–H and O–H groups in total. The molecule has 0 atom stereocenters. The third kappa shape index (κ3) is 4.94. The second-order valence-corrected chi connectivity index (χ2v) is 6.92. The number of benzene rings is 1. The first-order chi connectivity index (χ1) is 14.5. The molecule has 8 heteroatoms. The van der Waals surface area contributed by atoms with E-state index in [1.165, 1.54) is 11.6 Å². The van der Waals surface area contributed by atoms with Crippen LogP contribution in [-0.4, -0.2) is 28.3 Å². The van der Waals surface area contributed by atoms with Crippen molar-refractivity contribution in [2.75, 3.05) is 18.0 Å². The summed E-state index contributed by atoms with van der Waals surface area (Å²) in [4.78, 5) is 5.63. The molecule has 0 amide bonds. The van der Waals surface area contributed by atoms with Crippen molar-refractivity contribution >= 4 is 11.9 Å². The molecule has 0 unspecified atom stereocenters. The summed E-state index contributed by atoms with van der Waals surface area (Å²) in [6.45, 7) is 1.75. The molecule has 154 valence electrons. The van der Waals surface area contributed by atoms with Gasteiger partial charge in [0.1, 0.15) is 17.2 Å². The predicted molar refractivity (Wildman–Crippen MR) is 107 cm³/mol. The number of aromatic nitrogens is 3. The number of halogens is 3. The van der Waals surface area contributed by atoms with Gasteiger partial charge in [0.25, 0.3) is 0 Å². The summed E-state index contributed by atoms with van der Waals surface area (Å²) in [5, 5.41) is 8.08. The summed E-state index contributed by atoms with van der Waals surface area (Å²) in [6, 6.07) is 13.5. The zero-order chi connectivity index (χ0) is 21.0. The smallest absolute Gasteiger partial charge is 0.433 e. The molecule has 3 aromatic rings. The molecule has 3 heterocycles. The summed E-state index contributed by atoms with van der Waals surface area (Å²) in [5.41, 5.74) is 1.36. The van der Waals surface area contributed by atoms with Gasteiger partial charge in [-0.05, 0) is 54.8 Å². The number of nitrogens with zero attached hydrogens (tertiary/aromatic N) is 4. The van der Waals surface area contributed by atoms with Crippen molar-refractivity contribution in [1.29, 1.82) is 0 Å². The monoisotopic (exact) mass is 412 g/mol. The van der Waals surface area contributed by atoms with Crippen LogP contribution in [0.15, 0.2) is 66.5 Å². The standard InChI is InChI=1S/C22H19F3N4O/c23-22(24,25)20-7-6-19(15-26-20)30-18-4-1-3-17(14-18)13-16-8-11-29(12-9-16)21-5-2-10-27-28-21/h1-7,10,13-15H,8-9,11-12H2. The Morgan fingerprint density at radius 2 is 1.80 bits per heavy atom.